The maximum Gasteiger partial charge on any atom is 0.360 e. The number of esters is 1. The van der Waals surface area contributed by atoms with Crippen LogP contribution in [-0.4, -0.2) is 41.6 Å². The van der Waals surface area contributed by atoms with E-state index in [1.54, 1.807) is 6.92 Å². The molecule has 1 N–H and O–H groups in total. The van der Waals surface area contributed by atoms with Gasteiger partial charge in [-0.2, -0.15) is 4.98 Å². The van der Waals surface area contributed by atoms with E-state index in [0.717, 1.165) is 32.5 Å². The second-order valence-electron chi connectivity index (χ2n) is 5.94. The van der Waals surface area contributed by atoms with Gasteiger partial charge >= 0.3 is 5.97 Å². The first-order chi connectivity index (χ1) is 11.7. The Bertz CT molecular complexity index is 649. The molecule has 0 aliphatic carbocycles. The number of carbonyl (C=O) groups excluding carboxylic acids is 1. The smallest absolute Gasteiger partial charge is 0.360 e. The number of benzene rings is 1. The van der Waals surface area contributed by atoms with Gasteiger partial charge in [0, 0.05) is 25.7 Å². The molecule has 1 fully saturated rings. The summed E-state index contributed by atoms with van der Waals surface area (Å²) in [5.41, 5.74) is 1.55. The molecule has 1 aromatic heterocycles. The molecular formula is C18H23N3O3. The summed E-state index contributed by atoms with van der Waals surface area (Å²) in [5, 5.41) is 3.27. The lowest BCUT2D eigenvalue weighted by Crippen LogP contribution is -2.38. The zero-order valence-corrected chi connectivity index (χ0v) is 13.9. The summed E-state index contributed by atoms with van der Waals surface area (Å²) in [5.74, 6) is -0.452. The highest BCUT2D eigenvalue weighted by molar-refractivity contribution is 5.87. The van der Waals surface area contributed by atoms with Crippen molar-refractivity contribution in [2.75, 3.05) is 25.0 Å². The summed E-state index contributed by atoms with van der Waals surface area (Å²) in [6.45, 7) is 5.13. The van der Waals surface area contributed by atoms with Crippen LogP contribution in [0, 0.1) is 0 Å². The minimum atomic E-state index is -0.452. The number of ether oxygens (including phenoxy) is 1. The van der Waals surface area contributed by atoms with Gasteiger partial charge in [0.05, 0.1) is 6.61 Å². The standard InChI is InChI=1S/C18H23N3O3/c1-2-23-17(22)16-13-24-18(20-16)19-15-8-10-21(11-9-15)12-14-6-4-3-5-7-14/h3-7,13,15H,2,8-12H2,1H3,(H,19,20). The zero-order valence-electron chi connectivity index (χ0n) is 13.9. The molecule has 2 aromatic rings. The van der Waals surface area contributed by atoms with Crippen LogP contribution < -0.4 is 5.32 Å². The topological polar surface area (TPSA) is 67.6 Å². The van der Waals surface area contributed by atoms with Crippen LogP contribution in [0.4, 0.5) is 6.01 Å². The number of nitrogens with zero attached hydrogens (tertiary/aromatic N) is 2. The van der Waals surface area contributed by atoms with Crippen molar-refractivity contribution in [2.24, 2.45) is 0 Å². The van der Waals surface area contributed by atoms with E-state index in [1.807, 2.05) is 6.07 Å². The van der Waals surface area contributed by atoms with Gasteiger partial charge < -0.3 is 14.5 Å². The number of carbonyl (C=O) groups is 1. The number of anilines is 1. The monoisotopic (exact) mass is 329 g/mol. The number of aromatic nitrogens is 1. The molecule has 1 aliphatic rings. The van der Waals surface area contributed by atoms with Gasteiger partial charge in [-0.05, 0) is 25.3 Å². The summed E-state index contributed by atoms with van der Waals surface area (Å²) < 4.78 is 10.2. The molecule has 0 bridgehead atoms. The predicted molar refractivity (Wildman–Crippen MR) is 90.8 cm³/mol. The third-order valence-corrected chi connectivity index (χ3v) is 4.15. The lowest BCUT2D eigenvalue weighted by Gasteiger charge is -2.32. The van der Waals surface area contributed by atoms with Crippen LogP contribution in [0.25, 0.3) is 0 Å². The number of hydrogen-bond donors (Lipinski definition) is 1. The van der Waals surface area contributed by atoms with Crippen molar-refractivity contribution in [1.29, 1.82) is 0 Å². The third kappa shape index (κ3) is 4.35. The number of nitrogens with one attached hydrogen (secondary N) is 1. The molecule has 0 atom stereocenters. The highest BCUT2D eigenvalue weighted by atomic mass is 16.5. The van der Waals surface area contributed by atoms with E-state index < -0.39 is 5.97 Å². The fraction of sp³-hybridized carbons (Fsp3) is 0.444. The molecule has 0 spiro atoms. The number of oxazole rings is 1. The number of hydrogen-bond acceptors (Lipinski definition) is 6. The maximum absolute atomic E-state index is 11.6. The van der Waals surface area contributed by atoms with Crippen LogP contribution in [0.5, 0.6) is 0 Å². The average Bonchev–Trinajstić information content (AvgIpc) is 3.06. The average molecular weight is 329 g/mol. The molecule has 1 saturated heterocycles. The van der Waals surface area contributed by atoms with E-state index >= 15 is 0 Å². The zero-order chi connectivity index (χ0) is 16.8. The van der Waals surface area contributed by atoms with E-state index in [4.69, 9.17) is 9.15 Å². The Hall–Kier alpha value is -2.34. The molecule has 0 radical (unpaired) electrons. The first-order valence-electron chi connectivity index (χ1n) is 8.40. The maximum atomic E-state index is 11.6. The predicted octanol–water partition coefficient (Wildman–Crippen LogP) is 2.93. The van der Waals surface area contributed by atoms with Crippen molar-refractivity contribution in [3.05, 3.63) is 47.9 Å². The van der Waals surface area contributed by atoms with Crippen LogP contribution in [-0.2, 0) is 11.3 Å². The molecule has 1 aromatic carbocycles. The Kier molecular flexibility index (Phi) is 5.48. The van der Waals surface area contributed by atoms with Crippen LogP contribution in [0.3, 0.4) is 0 Å². The van der Waals surface area contributed by atoms with Crippen molar-refractivity contribution in [1.82, 2.24) is 9.88 Å². The van der Waals surface area contributed by atoms with E-state index in [1.165, 1.54) is 11.8 Å². The van der Waals surface area contributed by atoms with Gasteiger partial charge in [0.25, 0.3) is 6.01 Å². The van der Waals surface area contributed by atoms with Gasteiger partial charge in [-0.15, -0.1) is 0 Å². The Morgan fingerprint density at radius 3 is 2.79 bits per heavy atom. The second-order valence-corrected chi connectivity index (χ2v) is 5.94. The summed E-state index contributed by atoms with van der Waals surface area (Å²) in [7, 11) is 0. The summed E-state index contributed by atoms with van der Waals surface area (Å²) in [6, 6.07) is 11.2. The summed E-state index contributed by atoms with van der Waals surface area (Å²) in [6.07, 6.45) is 3.37. The van der Waals surface area contributed by atoms with Crippen molar-refractivity contribution < 1.29 is 13.9 Å². The van der Waals surface area contributed by atoms with E-state index in [9.17, 15) is 4.79 Å². The molecular weight excluding hydrogens is 306 g/mol. The van der Waals surface area contributed by atoms with Gasteiger partial charge in [-0.3, -0.25) is 4.90 Å². The minimum absolute atomic E-state index is 0.209. The molecule has 2 heterocycles. The molecule has 128 valence electrons. The molecule has 6 nitrogen and oxygen atoms in total. The fourth-order valence-electron chi connectivity index (χ4n) is 2.89. The van der Waals surface area contributed by atoms with Crippen LogP contribution in [0.2, 0.25) is 0 Å². The van der Waals surface area contributed by atoms with E-state index in [0.29, 0.717) is 18.7 Å². The Balaban J connectivity index is 1.46. The van der Waals surface area contributed by atoms with Crippen molar-refractivity contribution >= 4 is 12.0 Å². The van der Waals surface area contributed by atoms with E-state index in [2.05, 4.69) is 39.5 Å². The quantitative estimate of drug-likeness (QED) is 0.822. The van der Waals surface area contributed by atoms with Crippen LogP contribution in [0.15, 0.2) is 41.0 Å². The Morgan fingerprint density at radius 2 is 2.08 bits per heavy atom. The molecule has 0 saturated carbocycles. The minimum Gasteiger partial charge on any atom is -0.461 e. The van der Waals surface area contributed by atoms with Gasteiger partial charge in [0.15, 0.2) is 5.69 Å². The van der Waals surface area contributed by atoms with Crippen molar-refractivity contribution in [3.63, 3.8) is 0 Å². The Morgan fingerprint density at radius 1 is 1.33 bits per heavy atom. The van der Waals surface area contributed by atoms with Gasteiger partial charge in [-0.1, -0.05) is 30.3 Å². The van der Waals surface area contributed by atoms with E-state index in [-0.39, 0.29) is 5.69 Å². The molecule has 0 amide bonds. The molecule has 24 heavy (non-hydrogen) atoms. The third-order valence-electron chi connectivity index (χ3n) is 4.15. The highest BCUT2D eigenvalue weighted by Crippen LogP contribution is 2.18. The second kappa shape index (κ2) is 7.97. The Labute approximate surface area is 141 Å². The van der Waals surface area contributed by atoms with Crippen LogP contribution >= 0.6 is 0 Å². The molecule has 3 rings (SSSR count). The largest absolute Gasteiger partial charge is 0.461 e. The molecule has 0 unspecified atom stereocenters. The molecule has 6 heteroatoms. The lowest BCUT2D eigenvalue weighted by atomic mass is 10.0. The lowest BCUT2D eigenvalue weighted by molar-refractivity contribution is 0.0519. The SMILES string of the molecule is CCOC(=O)c1coc(NC2CCN(Cc3ccccc3)CC2)n1. The van der Waals surface area contributed by atoms with Gasteiger partial charge in [0.2, 0.25) is 0 Å². The highest BCUT2D eigenvalue weighted by Gasteiger charge is 2.21. The number of piperidine rings is 1. The number of rotatable bonds is 6. The fourth-order valence-corrected chi connectivity index (χ4v) is 2.89. The molecule has 1 aliphatic heterocycles. The first-order valence-corrected chi connectivity index (χ1v) is 8.40. The van der Waals surface area contributed by atoms with Crippen molar-refractivity contribution in [3.8, 4) is 0 Å². The first kappa shape index (κ1) is 16.5. The van der Waals surface area contributed by atoms with Crippen LogP contribution in [0.1, 0.15) is 35.8 Å². The summed E-state index contributed by atoms with van der Waals surface area (Å²) in [4.78, 5) is 18.2. The van der Waals surface area contributed by atoms with Gasteiger partial charge in [0.1, 0.15) is 6.26 Å². The normalized spacial score (nSPS) is 16.0. The van der Waals surface area contributed by atoms with Gasteiger partial charge in [-0.25, -0.2) is 4.79 Å². The summed E-state index contributed by atoms with van der Waals surface area (Å²) >= 11 is 0. The van der Waals surface area contributed by atoms with Crippen molar-refractivity contribution in [2.45, 2.75) is 32.4 Å². The number of likely N-dealkylation sites (tertiary alicyclic amines) is 1.